The number of piperazine rings is 1. The molecule has 1 aliphatic heterocycles. The van der Waals surface area contributed by atoms with E-state index in [-0.39, 0.29) is 12.4 Å². The van der Waals surface area contributed by atoms with Crippen LogP contribution in [0.5, 0.6) is 0 Å². The van der Waals surface area contributed by atoms with Gasteiger partial charge in [-0.3, -0.25) is 4.90 Å². The van der Waals surface area contributed by atoms with Gasteiger partial charge in [0.05, 0.1) is 6.54 Å². The number of halogens is 2. The Morgan fingerprint density at radius 1 is 1.41 bits per heavy atom. The Kier molecular flexibility index (Phi) is 6.66. The van der Waals surface area contributed by atoms with Crippen LogP contribution in [-0.2, 0) is 13.0 Å². The SMILES string of the molecule is CCc1cnc(CN2CCNCC2c2ccccc2Cl)s1.Cl. The Labute approximate surface area is 147 Å². The van der Waals surface area contributed by atoms with E-state index >= 15 is 0 Å². The fourth-order valence-electron chi connectivity index (χ4n) is 2.75. The third-order valence-corrected chi connectivity index (χ3v) is 5.38. The van der Waals surface area contributed by atoms with Crippen LogP contribution in [0.15, 0.2) is 30.5 Å². The van der Waals surface area contributed by atoms with E-state index in [0.29, 0.717) is 6.04 Å². The summed E-state index contributed by atoms with van der Waals surface area (Å²) in [6, 6.07) is 8.48. The zero-order valence-electron chi connectivity index (χ0n) is 12.6. The molecule has 22 heavy (non-hydrogen) atoms. The number of aryl methyl sites for hydroxylation is 1. The Balaban J connectivity index is 0.00000176. The van der Waals surface area contributed by atoms with Crippen LogP contribution in [-0.4, -0.2) is 29.5 Å². The second-order valence-electron chi connectivity index (χ2n) is 5.29. The predicted molar refractivity (Wildman–Crippen MR) is 96.2 cm³/mol. The van der Waals surface area contributed by atoms with Crippen molar-refractivity contribution in [2.75, 3.05) is 19.6 Å². The quantitative estimate of drug-likeness (QED) is 0.898. The van der Waals surface area contributed by atoms with Gasteiger partial charge in [0.2, 0.25) is 0 Å². The van der Waals surface area contributed by atoms with E-state index in [4.69, 9.17) is 11.6 Å². The molecule has 0 radical (unpaired) electrons. The second-order valence-corrected chi connectivity index (χ2v) is 6.89. The highest BCUT2D eigenvalue weighted by molar-refractivity contribution is 7.11. The second kappa shape index (κ2) is 8.27. The summed E-state index contributed by atoms with van der Waals surface area (Å²) in [5.41, 5.74) is 1.21. The van der Waals surface area contributed by atoms with Gasteiger partial charge >= 0.3 is 0 Å². The van der Waals surface area contributed by atoms with Gasteiger partial charge in [-0.05, 0) is 18.1 Å². The fraction of sp³-hybridized carbons (Fsp3) is 0.438. The highest BCUT2D eigenvalue weighted by Crippen LogP contribution is 2.30. The smallest absolute Gasteiger partial charge is 0.107 e. The molecule has 0 spiro atoms. The van der Waals surface area contributed by atoms with E-state index in [1.165, 1.54) is 15.4 Å². The first-order valence-corrected chi connectivity index (χ1v) is 8.60. The van der Waals surface area contributed by atoms with E-state index in [9.17, 15) is 0 Å². The predicted octanol–water partition coefficient (Wildman–Crippen LogP) is 3.93. The van der Waals surface area contributed by atoms with Crippen molar-refractivity contribution in [2.45, 2.75) is 25.9 Å². The van der Waals surface area contributed by atoms with Crippen molar-refractivity contribution in [3.05, 3.63) is 50.9 Å². The number of hydrogen-bond donors (Lipinski definition) is 1. The number of thiazole rings is 1. The third-order valence-electron chi connectivity index (χ3n) is 3.91. The van der Waals surface area contributed by atoms with Crippen LogP contribution in [0.25, 0.3) is 0 Å². The lowest BCUT2D eigenvalue weighted by molar-refractivity contribution is 0.153. The minimum atomic E-state index is 0. The summed E-state index contributed by atoms with van der Waals surface area (Å²) in [5, 5.41) is 5.53. The molecule has 120 valence electrons. The molecule has 1 aliphatic rings. The fourth-order valence-corrected chi connectivity index (χ4v) is 3.90. The Morgan fingerprint density at radius 2 is 2.23 bits per heavy atom. The van der Waals surface area contributed by atoms with Gasteiger partial charge in [0, 0.05) is 41.8 Å². The summed E-state index contributed by atoms with van der Waals surface area (Å²) in [4.78, 5) is 8.39. The van der Waals surface area contributed by atoms with E-state index in [2.05, 4.69) is 34.3 Å². The van der Waals surface area contributed by atoms with Crippen molar-refractivity contribution >= 4 is 35.3 Å². The Bertz CT molecular complexity index is 603. The lowest BCUT2D eigenvalue weighted by Gasteiger charge is -2.36. The molecule has 0 bridgehead atoms. The highest BCUT2D eigenvalue weighted by Gasteiger charge is 2.26. The van der Waals surface area contributed by atoms with Gasteiger partial charge in [-0.2, -0.15) is 0 Å². The third kappa shape index (κ3) is 4.00. The molecule has 1 atom stereocenters. The van der Waals surface area contributed by atoms with Crippen LogP contribution in [0.1, 0.15) is 28.4 Å². The van der Waals surface area contributed by atoms with E-state index in [1.54, 1.807) is 0 Å². The molecule has 3 rings (SSSR count). The molecule has 1 saturated heterocycles. The molecule has 6 heteroatoms. The maximum atomic E-state index is 6.38. The van der Waals surface area contributed by atoms with Crippen molar-refractivity contribution in [1.82, 2.24) is 15.2 Å². The number of rotatable bonds is 4. The molecule has 3 nitrogen and oxygen atoms in total. The van der Waals surface area contributed by atoms with Crippen LogP contribution in [0, 0.1) is 0 Å². The minimum absolute atomic E-state index is 0. The molecule has 0 amide bonds. The molecule has 1 N–H and O–H groups in total. The van der Waals surface area contributed by atoms with Crippen LogP contribution in [0.2, 0.25) is 5.02 Å². The van der Waals surface area contributed by atoms with Crippen molar-refractivity contribution in [2.24, 2.45) is 0 Å². The summed E-state index contributed by atoms with van der Waals surface area (Å²) in [5.74, 6) is 0. The minimum Gasteiger partial charge on any atom is -0.314 e. The van der Waals surface area contributed by atoms with Crippen LogP contribution in [0.3, 0.4) is 0 Å². The molecule has 2 heterocycles. The summed E-state index contributed by atoms with van der Waals surface area (Å²) in [7, 11) is 0. The molecule has 0 aliphatic carbocycles. The summed E-state index contributed by atoms with van der Waals surface area (Å²) < 4.78 is 0. The number of nitrogens with zero attached hydrogens (tertiary/aromatic N) is 2. The van der Waals surface area contributed by atoms with Gasteiger partial charge in [-0.25, -0.2) is 4.98 Å². The molecular weight excluding hydrogens is 337 g/mol. The first-order chi connectivity index (χ1) is 10.3. The summed E-state index contributed by atoms with van der Waals surface area (Å²) >= 11 is 8.21. The average molecular weight is 358 g/mol. The molecule has 1 fully saturated rings. The Hall–Kier alpha value is -0.650. The van der Waals surface area contributed by atoms with Gasteiger partial charge in [0.1, 0.15) is 5.01 Å². The van der Waals surface area contributed by atoms with Crippen LogP contribution in [0.4, 0.5) is 0 Å². The van der Waals surface area contributed by atoms with Gasteiger partial charge < -0.3 is 5.32 Å². The normalized spacial score (nSPS) is 18.9. The van der Waals surface area contributed by atoms with Crippen LogP contribution >= 0.6 is 35.3 Å². The van der Waals surface area contributed by atoms with Crippen molar-refractivity contribution in [3.8, 4) is 0 Å². The van der Waals surface area contributed by atoms with Crippen molar-refractivity contribution < 1.29 is 0 Å². The Morgan fingerprint density at radius 3 is 2.95 bits per heavy atom. The lowest BCUT2D eigenvalue weighted by atomic mass is 10.0. The number of nitrogens with one attached hydrogen (secondary N) is 1. The molecule has 0 saturated carbocycles. The molecule has 2 aromatic rings. The highest BCUT2D eigenvalue weighted by atomic mass is 35.5. The standard InChI is InChI=1S/C16H20ClN3S.ClH/c1-2-12-9-19-16(21-12)11-20-8-7-18-10-15(20)13-5-3-4-6-14(13)17;/h3-6,9,15,18H,2,7-8,10-11H2,1H3;1H. The van der Waals surface area contributed by atoms with E-state index < -0.39 is 0 Å². The van der Waals surface area contributed by atoms with Crippen molar-refractivity contribution in [1.29, 1.82) is 0 Å². The van der Waals surface area contributed by atoms with Gasteiger partial charge in [-0.1, -0.05) is 36.7 Å². The van der Waals surface area contributed by atoms with Gasteiger partial charge in [-0.15, -0.1) is 23.7 Å². The topological polar surface area (TPSA) is 28.2 Å². The lowest BCUT2D eigenvalue weighted by Crippen LogP contribution is -2.45. The monoisotopic (exact) mass is 357 g/mol. The molecule has 1 aromatic carbocycles. The zero-order chi connectivity index (χ0) is 14.7. The molecular formula is C16H21Cl2N3S. The first-order valence-electron chi connectivity index (χ1n) is 7.40. The van der Waals surface area contributed by atoms with E-state index in [1.807, 2.05) is 29.7 Å². The molecule has 1 unspecified atom stereocenters. The summed E-state index contributed by atoms with van der Waals surface area (Å²) in [6.07, 6.45) is 3.07. The van der Waals surface area contributed by atoms with Crippen LogP contribution < -0.4 is 5.32 Å². The number of hydrogen-bond acceptors (Lipinski definition) is 4. The van der Waals surface area contributed by atoms with Gasteiger partial charge in [0.15, 0.2) is 0 Å². The maximum absolute atomic E-state index is 6.38. The van der Waals surface area contributed by atoms with Crippen molar-refractivity contribution in [3.63, 3.8) is 0 Å². The summed E-state index contributed by atoms with van der Waals surface area (Å²) in [6.45, 7) is 6.07. The van der Waals surface area contributed by atoms with Gasteiger partial charge in [0.25, 0.3) is 0 Å². The zero-order valence-corrected chi connectivity index (χ0v) is 15.0. The maximum Gasteiger partial charge on any atom is 0.107 e. The largest absolute Gasteiger partial charge is 0.314 e. The number of aromatic nitrogens is 1. The average Bonchev–Trinajstić information content (AvgIpc) is 2.96. The van der Waals surface area contributed by atoms with E-state index in [0.717, 1.165) is 37.6 Å². The first kappa shape index (κ1) is 17.7. The number of benzene rings is 1. The molecule has 1 aromatic heterocycles.